The quantitative estimate of drug-likeness (QED) is 0.640. The number of aliphatic imine (C=N–C) groups is 1. The van der Waals surface area contributed by atoms with Crippen molar-refractivity contribution in [2.45, 2.75) is 32.7 Å². The summed E-state index contributed by atoms with van der Waals surface area (Å²) >= 11 is 6.08. The Morgan fingerprint density at radius 1 is 1.48 bits per heavy atom. The van der Waals surface area contributed by atoms with E-state index in [1.807, 2.05) is 18.2 Å². The van der Waals surface area contributed by atoms with Crippen LogP contribution in [0.25, 0.3) is 0 Å². The Hall–Kier alpha value is -1.26. The van der Waals surface area contributed by atoms with Gasteiger partial charge in [-0.15, -0.1) is 0 Å². The van der Waals surface area contributed by atoms with Gasteiger partial charge in [0.05, 0.1) is 6.04 Å². The van der Waals surface area contributed by atoms with Crippen molar-refractivity contribution in [3.05, 3.63) is 34.9 Å². The molecule has 0 amide bonds. The Morgan fingerprint density at radius 3 is 3.00 bits per heavy atom. The van der Waals surface area contributed by atoms with Crippen LogP contribution < -0.4 is 10.6 Å². The van der Waals surface area contributed by atoms with E-state index >= 15 is 0 Å². The predicted octanol–water partition coefficient (Wildman–Crippen LogP) is 3.30. The highest BCUT2D eigenvalue weighted by Crippen LogP contribution is 2.18. The summed E-state index contributed by atoms with van der Waals surface area (Å²) in [7, 11) is 2.19. The van der Waals surface area contributed by atoms with E-state index in [1.54, 1.807) is 0 Å². The molecule has 128 valence electrons. The van der Waals surface area contributed by atoms with E-state index in [1.165, 1.54) is 24.9 Å². The molecule has 1 aromatic rings. The zero-order valence-electron chi connectivity index (χ0n) is 14.5. The molecule has 1 aliphatic heterocycles. The predicted molar refractivity (Wildman–Crippen MR) is 99.2 cm³/mol. The number of hydrogen-bond acceptors (Lipinski definition) is 2. The average molecular weight is 337 g/mol. The smallest absolute Gasteiger partial charge is 0.191 e. The van der Waals surface area contributed by atoms with Gasteiger partial charge in [0.1, 0.15) is 0 Å². The summed E-state index contributed by atoms with van der Waals surface area (Å²) in [6, 6.07) is 8.14. The first-order chi connectivity index (χ1) is 11.1. The van der Waals surface area contributed by atoms with Gasteiger partial charge in [0.2, 0.25) is 0 Å². The van der Waals surface area contributed by atoms with Crippen LogP contribution in [0.3, 0.4) is 0 Å². The van der Waals surface area contributed by atoms with Crippen molar-refractivity contribution in [2.24, 2.45) is 10.9 Å². The minimum Gasteiger partial charge on any atom is -0.357 e. The van der Waals surface area contributed by atoms with Gasteiger partial charge in [0, 0.05) is 24.7 Å². The number of piperidine rings is 1. The Kier molecular flexibility index (Phi) is 7.18. The van der Waals surface area contributed by atoms with Crippen LogP contribution in [0.1, 0.15) is 38.3 Å². The first-order valence-corrected chi connectivity index (χ1v) is 8.95. The maximum absolute atomic E-state index is 6.08. The van der Waals surface area contributed by atoms with Gasteiger partial charge in [-0.25, -0.2) is 0 Å². The standard InChI is InChI=1S/C18H29ClN4/c1-4-20-18(21-12-15-7-6-10-23(3)13-15)22-14(2)16-8-5-9-17(19)11-16/h5,8-9,11,14-15H,4,6-7,10,12-13H2,1-3H3,(H2,20,21,22). The van der Waals surface area contributed by atoms with Crippen LogP contribution in [0.2, 0.25) is 5.02 Å². The molecule has 1 saturated heterocycles. The van der Waals surface area contributed by atoms with Crippen LogP contribution in [0.4, 0.5) is 0 Å². The zero-order valence-corrected chi connectivity index (χ0v) is 15.2. The number of likely N-dealkylation sites (tertiary alicyclic amines) is 1. The van der Waals surface area contributed by atoms with Crippen molar-refractivity contribution in [3.63, 3.8) is 0 Å². The first-order valence-electron chi connectivity index (χ1n) is 8.57. The summed E-state index contributed by atoms with van der Waals surface area (Å²) in [6.45, 7) is 8.32. The maximum Gasteiger partial charge on any atom is 0.191 e. The fourth-order valence-corrected chi connectivity index (χ4v) is 3.23. The third-order valence-corrected chi connectivity index (χ3v) is 4.51. The van der Waals surface area contributed by atoms with Crippen LogP contribution in [0.5, 0.6) is 0 Å². The van der Waals surface area contributed by atoms with Crippen molar-refractivity contribution in [1.29, 1.82) is 0 Å². The molecule has 0 aliphatic carbocycles. The molecule has 0 saturated carbocycles. The van der Waals surface area contributed by atoms with Gasteiger partial charge in [-0.1, -0.05) is 23.7 Å². The summed E-state index contributed by atoms with van der Waals surface area (Å²) in [5, 5.41) is 7.59. The maximum atomic E-state index is 6.08. The van der Waals surface area contributed by atoms with Crippen molar-refractivity contribution >= 4 is 17.6 Å². The highest BCUT2D eigenvalue weighted by Gasteiger charge is 2.17. The SMILES string of the molecule is CCNC(=NCC1CCCN(C)C1)NC(C)c1cccc(Cl)c1. The Labute approximate surface area is 145 Å². The van der Waals surface area contributed by atoms with Gasteiger partial charge in [0.15, 0.2) is 5.96 Å². The third-order valence-electron chi connectivity index (χ3n) is 4.28. The molecule has 0 bridgehead atoms. The van der Waals surface area contributed by atoms with Crippen LogP contribution >= 0.6 is 11.6 Å². The van der Waals surface area contributed by atoms with Crippen molar-refractivity contribution in [1.82, 2.24) is 15.5 Å². The van der Waals surface area contributed by atoms with E-state index in [9.17, 15) is 0 Å². The molecule has 2 rings (SSSR count). The normalized spacial score (nSPS) is 21.0. The lowest BCUT2D eigenvalue weighted by molar-refractivity contribution is 0.214. The molecule has 1 fully saturated rings. The van der Waals surface area contributed by atoms with Crippen LogP contribution in [-0.2, 0) is 0 Å². The Morgan fingerprint density at radius 2 is 2.30 bits per heavy atom. The topological polar surface area (TPSA) is 39.7 Å². The second-order valence-corrected chi connectivity index (χ2v) is 6.85. The summed E-state index contributed by atoms with van der Waals surface area (Å²) in [5.41, 5.74) is 1.17. The van der Waals surface area contributed by atoms with E-state index in [0.29, 0.717) is 5.92 Å². The van der Waals surface area contributed by atoms with Crippen molar-refractivity contribution < 1.29 is 0 Å². The van der Waals surface area contributed by atoms with E-state index < -0.39 is 0 Å². The molecular formula is C18H29ClN4. The number of benzene rings is 1. The second-order valence-electron chi connectivity index (χ2n) is 6.41. The highest BCUT2D eigenvalue weighted by atomic mass is 35.5. The molecule has 0 radical (unpaired) electrons. The lowest BCUT2D eigenvalue weighted by Gasteiger charge is -2.29. The number of nitrogens with one attached hydrogen (secondary N) is 2. The molecule has 1 aliphatic rings. The van der Waals surface area contributed by atoms with Crippen LogP contribution in [0.15, 0.2) is 29.3 Å². The largest absolute Gasteiger partial charge is 0.357 e. The van der Waals surface area contributed by atoms with Crippen LogP contribution in [0, 0.1) is 5.92 Å². The van der Waals surface area contributed by atoms with Gasteiger partial charge in [0.25, 0.3) is 0 Å². The summed E-state index contributed by atoms with van der Waals surface area (Å²) < 4.78 is 0. The third kappa shape index (κ3) is 6.04. The number of nitrogens with zero attached hydrogens (tertiary/aromatic N) is 2. The van der Waals surface area contributed by atoms with Gasteiger partial charge >= 0.3 is 0 Å². The van der Waals surface area contributed by atoms with Crippen LogP contribution in [-0.4, -0.2) is 44.1 Å². The number of rotatable bonds is 5. The molecule has 1 aromatic carbocycles. The Balaban J connectivity index is 1.95. The van der Waals surface area contributed by atoms with E-state index in [4.69, 9.17) is 16.6 Å². The Bertz CT molecular complexity index is 517. The van der Waals surface area contributed by atoms with Gasteiger partial charge in [-0.2, -0.15) is 0 Å². The molecule has 1 heterocycles. The lowest BCUT2D eigenvalue weighted by atomic mass is 9.99. The number of halogens is 1. The summed E-state index contributed by atoms with van der Waals surface area (Å²) in [6.07, 6.45) is 2.55. The minimum atomic E-state index is 0.167. The molecule has 0 aromatic heterocycles. The fraction of sp³-hybridized carbons (Fsp3) is 0.611. The average Bonchev–Trinajstić information content (AvgIpc) is 2.53. The van der Waals surface area contributed by atoms with E-state index in [2.05, 4.69) is 42.5 Å². The fourth-order valence-electron chi connectivity index (χ4n) is 3.03. The van der Waals surface area contributed by atoms with Crippen molar-refractivity contribution in [2.75, 3.05) is 33.2 Å². The molecule has 5 heteroatoms. The minimum absolute atomic E-state index is 0.167. The monoisotopic (exact) mass is 336 g/mol. The van der Waals surface area contributed by atoms with E-state index in [0.717, 1.165) is 30.6 Å². The molecule has 4 nitrogen and oxygen atoms in total. The highest BCUT2D eigenvalue weighted by molar-refractivity contribution is 6.30. The van der Waals surface area contributed by atoms with Gasteiger partial charge < -0.3 is 15.5 Å². The van der Waals surface area contributed by atoms with Gasteiger partial charge in [-0.05, 0) is 63.9 Å². The van der Waals surface area contributed by atoms with Crippen molar-refractivity contribution in [3.8, 4) is 0 Å². The molecule has 0 spiro atoms. The zero-order chi connectivity index (χ0) is 16.7. The van der Waals surface area contributed by atoms with Gasteiger partial charge in [-0.3, -0.25) is 4.99 Å². The summed E-state index contributed by atoms with van der Waals surface area (Å²) in [5.74, 6) is 1.54. The molecule has 2 unspecified atom stereocenters. The molecule has 2 N–H and O–H groups in total. The molecule has 2 atom stereocenters. The number of hydrogen-bond donors (Lipinski definition) is 2. The van der Waals surface area contributed by atoms with E-state index in [-0.39, 0.29) is 6.04 Å². The number of guanidine groups is 1. The second kappa shape index (κ2) is 9.14. The summed E-state index contributed by atoms with van der Waals surface area (Å²) in [4.78, 5) is 7.20. The lowest BCUT2D eigenvalue weighted by Crippen LogP contribution is -2.40. The first kappa shape index (κ1) is 18.1. The molecular weight excluding hydrogens is 308 g/mol. The molecule has 23 heavy (non-hydrogen) atoms.